The fourth-order valence-corrected chi connectivity index (χ4v) is 3.74. The predicted molar refractivity (Wildman–Crippen MR) is 120 cm³/mol. The number of anilines is 2. The molecule has 1 aliphatic heterocycles. The third-order valence-corrected chi connectivity index (χ3v) is 5.38. The molecule has 0 unspecified atom stereocenters. The molecule has 1 aliphatic rings. The van der Waals surface area contributed by atoms with Gasteiger partial charge in [-0.25, -0.2) is 4.79 Å². The van der Waals surface area contributed by atoms with E-state index in [1.807, 2.05) is 18.2 Å². The molecule has 0 bridgehead atoms. The van der Waals surface area contributed by atoms with Crippen molar-refractivity contribution in [3.63, 3.8) is 0 Å². The molecule has 9 nitrogen and oxygen atoms in total. The van der Waals surface area contributed by atoms with Gasteiger partial charge in [0.15, 0.2) is 0 Å². The van der Waals surface area contributed by atoms with E-state index < -0.39 is 5.97 Å². The maximum Gasteiger partial charge on any atom is 0.335 e. The van der Waals surface area contributed by atoms with Crippen molar-refractivity contribution in [2.75, 3.05) is 30.0 Å². The average Bonchev–Trinajstić information content (AvgIpc) is 3.34. The number of carboxylic acid groups (broad SMARTS) is 1. The summed E-state index contributed by atoms with van der Waals surface area (Å²) in [7, 11) is 1.56. The van der Waals surface area contributed by atoms with Gasteiger partial charge >= 0.3 is 5.97 Å². The largest absolute Gasteiger partial charge is 0.496 e. The zero-order chi connectivity index (χ0) is 23.4. The van der Waals surface area contributed by atoms with Crippen LogP contribution < -0.4 is 19.9 Å². The number of fused-ring (bicyclic) bond motifs is 1. The molecule has 0 spiro atoms. The first kappa shape index (κ1) is 22.1. The fourth-order valence-electron chi connectivity index (χ4n) is 3.74. The monoisotopic (exact) mass is 449 g/mol. The van der Waals surface area contributed by atoms with Crippen LogP contribution in [0.3, 0.4) is 0 Å². The Kier molecular flexibility index (Phi) is 6.41. The number of carbonyl (C=O) groups is 3. The van der Waals surface area contributed by atoms with Gasteiger partial charge < -0.3 is 24.5 Å². The van der Waals surface area contributed by atoms with E-state index in [2.05, 4.69) is 5.32 Å². The van der Waals surface area contributed by atoms with Gasteiger partial charge in [-0.3, -0.25) is 14.5 Å². The number of carboxylic acids is 1. The molecule has 0 radical (unpaired) electrons. The number of amides is 2. The summed E-state index contributed by atoms with van der Waals surface area (Å²) in [6.45, 7) is 0.327. The van der Waals surface area contributed by atoms with Crippen LogP contribution >= 0.6 is 0 Å². The zero-order valence-corrected chi connectivity index (χ0v) is 18.0. The molecular weight excluding hydrogens is 426 g/mol. The molecule has 33 heavy (non-hydrogen) atoms. The molecule has 3 aromatic rings. The number of rotatable bonds is 8. The molecular formula is C24H23N3O6. The Morgan fingerprint density at radius 1 is 1.12 bits per heavy atom. The molecule has 9 heteroatoms. The summed E-state index contributed by atoms with van der Waals surface area (Å²) in [5.74, 6) is -0.440. The number of carbonyl (C=O) groups excluding carboxylic acids is 2. The Morgan fingerprint density at radius 3 is 2.67 bits per heavy atom. The molecule has 2 amide bonds. The van der Waals surface area contributed by atoms with E-state index in [9.17, 15) is 19.5 Å². The van der Waals surface area contributed by atoms with Crippen molar-refractivity contribution in [3.8, 4) is 5.75 Å². The quantitative estimate of drug-likeness (QED) is 0.544. The van der Waals surface area contributed by atoms with Gasteiger partial charge in [0.1, 0.15) is 18.1 Å². The highest BCUT2D eigenvalue weighted by molar-refractivity contribution is 6.12. The lowest BCUT2D eigenvalue weighted by molar-refractivity contribution is -0.122. The van der Waals surface area contributed by atoms with Gasteiger partial charge in [-0.15, -0.1) is 0 Å². The van der Waals surface area contributed by atoms with Crippen LogP contribution in [0.4, 0.5) is 11.4 Å². The van der Waals surface area contributed by atoms with Crippen LogP contribution in [0.2, 0.25) is 0 Å². The SMILES string of the molecule is COc1ccccc1CN1C(=O)CN(C(=O)CNCc2ccco2)c2cc(C(=O)O)ccc21. The number of hydrogen-bond donors (Lipinski definition) is 2. The van der Waals surface area contributed by atoms with Crippen molar-refractivity contribution < 1.29 is 28.6 Å². The Hall–Kier alpha value is -4.11. The molecule has 2 N–H and O–H groups in total. The predicted octanol–water partition coefficient (Wildman–Crippen LogP) is 2.66. The number of nitrogens with one attached hydrogen (secondary N) is 1. The third kappa shape index (κ3) is 4.73. The molecule has 0 saturated carbocycles. The second-order valence-electron chi connectivity index (χ2n) is 7.46. The van der Waals surface area contributed by atoms with E-state index >= 15 is 0 Å². The Bertz CT molecular complexity index is 1170. The second-order valence-corrected chi connectivity index (χ2v) is 7.46. The number of ether oxygens (including phenoxy) is 1. The maximum absolute atomic E-state index is 13.1. The average molecular weight is 449 g/mol. The number of nitrogens with zero attached hydrogens (tertiary/aromatic N) is 2. The summed E-state index contributed by atoms with van der Waals surface area (Å²) in [6, 6.07) is 15.3. The van der Waals surface area contributed by atoms with Crippen LogP contribution in [0.1, 0.15) is 21.7 Å². The highest BCUT2D eigenvalue weighted by atomic mass is 16.5. The molecule has 1 aromatic heterocycles. The van der Waals surface area contributed by atoms with Crippen LogP contribution in [0.25, 0.3) is 0 Å². The van der Waals surface area contributed by atoms with Gasteiger partial charge in [-0.05, 0) is 36.4 Å². The first-order valence-electron chi connectivity index (χ1n) is 10.3. The minimum absolute atomic E-state index is 0.0293. The minimum Gasteiger partial charge on any atom is -0.496 e. The smallest absolute Gasteiger partial charge is 0.335 e. The van der Waals surface area contributed by atoms with Gasteiger partial charge in [0.05, 0.1) is 49.9 Å². The van der Waals surface area contributed by atoms with Gasteiger partial charge in [-0.1, -0.05) is 18.2 Å². The number of benzene rings is 2. The molecule has 170 valence electrons. The summed E-state index contributed by atoms with van der Waals surface area (Å²) in [6.07, 6.45) is 1.54. The van der Waals surface area contributed by atoms with Crippen molar-refractivity contribution in [2.45, 2.75) is 13.1 Å². The van der Waals surface area contributed by atoms with E-state index in [1.165, 1.54) is 17.0 Å². The van der Waals surface area contributed by atoms with E-state index in [-0.39, 0.29) is 37.0 Å². The van der Waals surface area contributed by atoms with Gasteiger partial charge in [-0.2, -0.15) is 0 Å². The Morgan fingerprint density at radius 2 is 1.94 bits per heavy atom. The van der Waals surface area contributed by atoms with E-state index in [4.69, 9.17) is 9.15 Å². The first-order valence-corrected chi connectivity index (χ1v) is 10.3. The van der Waals surface area contributed by atoms with E-state index in [0.717, 1.165) is 5.56 Å². The fraction of sp³-hybridized carbons (Fsp3) is 0.208. The lowest BCUT2D eigenvalue weighted by atomic mass is 10.1. The van der Waals surface area contributed by atoms with Gasteiger partial charge in [0.25, 0.3) is 0 Å². The van der Waals surface area contributed by atoms with Crippen molar-refractivity contribution in [3.05, 3.63) is 77.7 Å². The minimum atomic E-state index is -1.12. The van der Waals surface area contributed by atoms with E-state index in [0.29, 0.717) is 29.4 Å². The van der Waals surface area contributed by atoms with Crippen molar-refractivity contribution in [1.82, 2.24) is 5.32 Å². The standard InChI is InChI=1S/C24H23N3O6/c1-32-21-7-3-2-5-17(21)14-26-19-9-8-16(24(30)31)11-20(19)27(15-23(26)29)22(28)13-25-12-18-6-4-10-33-18/h2-11,25H,12-15H2,1H3,(H,30,31). The first-order chi connectivity index (χ1) is 16.0. The van der Waals surface area contributed by atoms with Crippen molar-refractivity contribution >= 4 is 29.2 Å². The maximum atomic E-state index is 13.1. The highest BCUT2D eigenvalue weighted by Gasteiger charge is 2.33. The summed E-state index contributed by atoms with van der Waals surface area (Å²) >= 11 is 0. The molecule has 2 aromatic carbocycles. The summed E-state index contributed by atoms with van der Waals surface area (Å²) in [5, 5.41) is 12.4. The van der Waals surface area contributed by atoms with Crippen molar-refractivity contribution in [1.29, 1.82) is 0 Å². The zero-order valence-electron chi connectivity index (χ0n) is 18.0. The summed E-state index contributed by atoms with van der Waals surface area (Å²) < 4.78 is 10.6. The topological polar surface area (TPSA) is 112 Å². The normalized spacial score (nSPS) is 13.1. The Balaban J connectivity index is 1.62. The van der Waals surface area contributed by atoms with Gasteiger partial charge in [0, 0.05) is 5.56 Å². The summed E-state index contributed by atoms with van der Waals surface area (Å²) in [5.41, 5.74) is 1.65. The Labute approximate surface area is 190 Å². The lowest BCUT2D eigenvalue weighted by Crippen LogP contribution is -2.50. The van der Waals surface area contributed by atoms with Crippen molar-refractivity contribution in [2.24, 2.45) is 0 Å². The third-order valence-electron chi connectivity index (χ3n) is 5.38. The number of aromatic carboxylic acids is 1. The second kappa shape index (κ2) is 9.58. The molecule has 0 atom stereocenters. The van der Waals surface area contributed by atoms with E-state index in [1.54, 1.807) is 42.5 Å². The van der Waals surface area contributed by atoms with Crippen LogP contribution in [0.5, 0.6) is 5.75 Å². The number of methoxy groups -OCH3 is 1. The van der Waals surface area contributed by atoms with Crippen LogP contribution in [-0.2, 0) is 22.7 Å². The van der Waals surface area contributed by atoms with Crippen LogP contribution in [0.15, 0.2) is 65.3 Å². The molecule has 2 heterocycles. The number of para-hydroxylation sites is 1. The number of hydrogen-bond acceptors (Lipinski definition) is 6. The van der Waals surface area contributed by atoms with Crippen LogP contribution in [0, 0.1) is 0 Å². The molecule has 0 saturated heterocycles. The van der Waals surface area contributed by atoms with Crippen LogP contribution in [-0.4, -0.2) is 43.1 Å². The number of furan rings is 1. The summed E-state index contributed by atoms with van der Waals surface area (Å²) in [4.78, 5) is 40.5. The molecule has 4 rings (SSSR count). The lowest BCUT2D eigenvalue weighted by Gasteiger charge is -2.36. The highest BCUT2D eigenvalue weighted by Crippen LogP contribution is 2.36. The molecule has 0 aliphatic carbocycles. The molecule has 0 fully saturated rings. The van der Waals surface area contributed by atoms with Gasteiger partial charge in [0.2, 0.25) is 11.8 Å².